The van der Waals surface area contributed by atoms with Crippen molar-refractivity contribution < 1.29 is 4.74 Å². The van der Waals surface area contributed by atoms with Crippen LogP contribution in [0.15, 0.2) is 18.6 Å². The first kappa shape index (κ1) is 7.80. The van der Waals surface area contributed by atoms with Crippen molar-refractivity contribution in [1.29, 1.82) is 0 Å². The molecule has 12 heavy (non-hydrogen) atoms. The summed E-state index contributed by atoms with van der Waals surface area (Å²) in [7, 11) is 0. The first-order valence-electron chi connectivity index (χ1n) is 3.93. The summed E-state index contributed by atoms with van der Waals surface area (Å²) in [6.07, 6.45) is 7.01. The zero-order valence-corrected chi connectivity index (χ0v) is 7.24. The Morgan fingerprint density at radius 1 is 1.42 bits per heavy atom. The summed E-state index contributed by atoms with van der Waals surface area (Å²) >= 11 is 5.89. The lowest BCUT2D eigenvalue weighted by Crippen LogP contribution is -2.37. The minimum absolute atomic E-state index is 0.128. The van der Waals surface area contributed by atoms with Gasteiger partial charge in [-0.05, 0) is 12.8 Å². The third-order valence-corrected chi connectivity index (χ3v) is 2.44. The molecule has 0 radical (unpaired) electrons. The summed E-state index contributed by atoms with van der Waals surface area (Å²) in [5.74, 6) is 0.563. The van der Waals surface area contributed by atoms with Gasteiger partial charge in [-0.2, -0.15) is 0 Å². The van der Waals surface area contributed by atoms with E-state index in [0.717, 1.165) is 12.8 Å². The van der Waals surface area contributed by atoms with Crippen LogP contribution in [0.5, 0.6) is 5.88 Å². The average Bonchev–Trinajstić information content (AvgIpc) is 2.14. The van der Waals surface area contributed by atoms with Crippen LogP contribution in [0.3, 0.4) is 0 Å². The average molecular weight is 185 g/mol. The summed E-state index contributed by atoms with van der Waals surface area (Å²) in [4.78, 5) is 7.88. The molecule has 1 heterocycles. The van der Waals surface area contributed by atoms with Crippen molar-refractivity contribution in [2.45, 2.75) is 24.3 Å². The van der Waals surface area contributed by atoms with E-state index in [0.29, 0.717) is 5.88 Å². The Kier molecular flexibility index (Phi) is 2.13. The number of hydrogen-bond donors (Lipinski definition) is 0. The molecule has 3 nitrogen and oxygen atoms in total. The van der Waals surface area contributed by atoms with Crippen LogP contribution in [-0.2, 0) is 0 Å². The predicted octanol–water partition coefficient (Wildman–Crippen LogP) is 1.63. The van der Waals surface area contributed by atoms with Gasteiger partial charge in [0.2, 0.25) is 5.88 Å². The van der Waals surface area contributed by atoms with Gasteiger partial charge < -0.3 is 4.74 Å². The van der Waals surface area contributed by atoms with Gasteiger partial charge in [0.15, 0.2) is 0 Å². The van der Waals surface area contributed by atoms with E-state index in [2.05, 4.69) is 9.97 Å². The van der Waals surface area contributed by atoms with E-state index in [9.17, 15) is 0 Å². The fourth-order valence-electron chi connectivity index (χ4n) is 1.06. The van der Waals surface area contributed by atoms with Gasteiger partial charge in [-0.3, -0.25) is 4.98 Å². The molecule has 0 aromatic carbocycles. The molecule has 0 N–H and O–H groups in total. The molecule has 1 aliphatic carbocycles. The molecule has 64 valence electrons. The number of rotatable bonds is 2. The monoisotopic (exact) mass is 184 g/mol. The van der Waals surface area contributed by atoms with Gasteiger partial charge in [-0.15, -0.1) is 11.6 Å². The Labute approximate surface area is 75.7 Å². The number of ether oxygens (including phenoxy) is 1. The Morgan fingerprint density at radius 2 is 2.33 bits per heavy atom. The summed E-state index contributed by atoms with van der Waals surface area (Å²) in [6.45, 7) is 0. The van der Waals surface area contributed by atoms with Crippen LogP contribution in [0.2, 0.25) is 0 Å². The van der Waals surface area contributed by atoms with E-state index in [1.54, 1.807) is 18.6 Å². The normalized spacial score (nSPS) is 27.8. The van der Waals surface area contributed by atoms with E-state index in [4.69, 9.17) is 16.3 Å². The number of aromatic nitrogens is 2. The quantitative estimate of drug-likeness (QED) is 0.656. The van der Waals surface area contributed by atoms with Crippen LogP contribution in [0.25, 0.3) is 0 Å². The van der Waals surface area contributed by atoms with Gasteiger partial charge in [0.05, 0.1) is 11.6 Å². The largest absolute Gasteiger partial charge is 0.472 e. The highest BCUT2D eigenvalue weighted by atomic mass is 35.5. The van der Waals surface area contributed by atoms with E-state index >= 15 is 0 Å². The van der Waals surface area contributed by atoms with Crippen molar-refractivity contribution in [3.63, 3.8) is 0 Å². The van der Waals surface area contributed by atoms with Crippen molar-refractivity contribution in [1.82, 2.24) is 9.97 Å². The molecule has 4 heteroatoms. The van der Waals surface area contributed by atoms with Gasteiger partial charge >= 0.3 is 0 Å². The van der Waals surface area contributed by atoms with Gasteiger partial charge in [-0.1, -0.05) is 0 Å². The highest BCUT2D eigenvalue weighted by molar-refractivity contribution is 6.21. The van der Waals surface area contributed by atoms with E-state index in [1.807, 2.05) is 0 Å². The van der Waals surface area contributed by atoms with Crippen LogP contribution in [0, 0.1) is 0 Å². The van der Waals surface area contributed by atoms with Crippen LogP contribution < -0.4 is 4.74 Å². The molecule has 2 unspecified atom stereocenters. The number of alkyl halides is 1. The molecule has 0 bridgehead atoms. The second-order valence-electron chi connectivity index (χ2n) is 2.79. The Balaban J connectivity index is 1.95. The van der Waals surface area contributed by atoms with E-state index in [1.165, 1.54) is 0 Å². The zero-order chi connectivity index (χ0) is 8.39. The molecule has 1 aromatic heterocycles. The molecule has 2 atom stereocenters. The zero-order valence-electron chi connectivity index (χ0n) is 6.48. The molecule has 1 aromatic rings. The number of nitrogens with zero attached hydrogens (tertiary/aromatic N) is 2. The summed E-state index contributed by atoms with van der Waals surface area (Å²) in [5, 5.41) is 0.145. The third-order valence-electron chi connectivity index (χ3n) is 1.94. The van der Waals surface area contributed by atoms with Gasteiger partial charge in [0.25, 0.3) is 0 Å². The maximum atomic E-state index is 5.89. The SMILES string of the molecule is ClC1CCC1Oc1cnccn1. The third kappa shape index (κ3) is 1.50. The molecular weight excluding hydrogens is 176 g/mol. The molecule has 1 fully saturated rings. The molecular formula is C8H9ClN2O. The van der Waals surface area contributed by atoms with Gasteiger partial charge in [0.1, 0.15) is 6.10 Å². The van der Waals surface area contributed by atoms with Crippen LogP contribution in [0.4, 0.5) is 0 Å². The first-order chi connectivity index (χ1) is 5.86. The summed E-state index contributed by atoms with van der Waals surface area (Å²) in [5.41, 5.74) is 0. The molecule has 0 aliphatic heterocycles. The summed E-state index contributed by atoms with van der Waals surface area (Å²) < 4.78 is 5.46. The highest BCUT2D eigenvalue weighted by Crippen LogP contribution is 2.28. The van der Waals surface area contributed by atoms with E-state index < -0.39 is 0 Å². The smallest absolute Gasteiger partial charge is 0.232 e. The van der Waals surface area contributed by atoms with Crippen molar-refractivity contribution in [3.05, 3.63) is 18.6 Å². The van der Waals surface area contributed by atoms with Crippen molar-refractivity contribution in [3.8, 4) is 5.88 Å². The lowest BCUT2D eigenvalue weighted by Gasteiger charge is -2.31. The maximum Gasteiger partial charge on any atom is 0.232 e. The standard InChI is InChI=1S/C8H9ClN2O/c9-6-1-2-7(6)12-8-5-10-3-4-11-8/h3-7H,1-2H2. The molecule has 0 saturated heterocycles. The molecule has 2 rings (SSSR count). The lowest BCUT2D eigenvalue weighted by atomic mass is 9.95. The topological polar surface area (TPSA) is 35.0 Å². The minimum atomic E-state index is 0.128. The lowest BCUT2D eigenvalue weighted by molar-refractivity contribution is 0.119. The number of halogens is 1. The first-order valence-corrected chi connectivity index (χ1v) is 4.36. The van der Waals surface area contributed by atoms with Crippen LogP contribution >= 0.6 is 11.6 Å². The Hall–Kier alpha value is -0.830. The summed E-state index contributed by atoms with van der Waals surface area (Å²) in [6, 6.07) is 0. The van der Waals surface area contributed by atoms with Crippen molar-refractivity contribution >= 4 is 11.6 Å². The van der Waals surface area contributed by atoms with Crippen LogP contribution in [-0.4, -0.2) is 21.4 Å². The molecule has 1 aliphatic rings. The van der Waals surface area contributed by atoms with Gasteiger partial charge in [-0.25, -0.2) is 4.98 Å². The predicted molar refractivity (Wildman–Crippen MR) is 45.3 cm³/mol. The molecule has 1 saturated carbocycles. The molecule has 0 spiro atoms. The second-order valence-corrected chi connectivity index (χ2v) is 3.35. The Morgan fingerprint density at radius 3 is 2.83 bits per heavy atom. The van der Waals surface area contributed by atoms with Crippen molar-refractivity contribution in [2.75, 3.05) is 0 Å². The fourth-order valence-corrected chi connectivity index (χ4v) is 1.37. The minimum Gasteiger partial charge on any atom is -0.472 e. The fraction of sp³-hybridized carbons (Fsp3) is 0.500. The van der Waals surface area contributed by atoms with Gasteiger partial charge in [0, 0.05) is 12.4 Å². The highest BCUT2D eigenvalue weighted by Gasteiger charge is 2.31. The van der Waals surface area contributed by atoms with E-state index in [-0.39, 0.29) is 11.5 Å². The number of hydrogen-bond acceptors (Lipinski definition) is 3. The van der Waals surface area contributed by atoms with Crippen molar-refractivity contribution in [2.24, 2.45) is 0 Å². The van der Waals surface area contributed by atoms with Crippen LogP contribution in [0.1, 0.15) is 12.8 Å². The maximum absolute atomic E-state index is 5.89. The Bertz CT molecular complexity index is 254. The second kappa shape index (κ2) is 3.27. The molecule has 0 amide bonds.